The number of halogens is 2. The largest absolute Gasteiger partial charge is 0.369 e. The van der Waals surface area contributed by atoms with Gasteiger partial charge in [-0.25, -0.2) is 14.2 Å². The number of nitrogens with one attached hydrogen (secondary N) is 4. The summed E-state index contributed by atoms with van der Waals surface area (Å²) >= 11 is 0. The average Bonchev–Trinajstić information content (AvgIpc) is 2.38. The summed E-state index contributed by atoms with van der Waals surface area (Å²) in [5.74, 6) is -2.65. The van der Waals surface area contributed by atoms with Crippen LogP contribution in [0, 0.1) is 17.0 Å². The fraction of sp³-hybridized carbons (Fsp3) is 0.182. The van der Waals surface area contributed by atoms with Crippen LogP contribution in [0.2, 0.25) is 0 Å². The van der Waals surface area contributed by atoms with Gasteiger partial charge in [0.05, 0.1) is 0 Å². The molecule has 9 heteroatoms. The molecule has 0 radical (unpaired) electrons. The van der Waals surface area contributed by atoms with Crippen LogP contribution in [0.4, 0.5) is 8.78 Å². The molecule has 0 bridgehead atoms. The highest BCUT2D eigenvalue weighted by atomic mass is 19.1. The minimum absolute atomic E-state index is 0.133. The molecule has 1 aromatic carbocycles. The van der Waals surface area contributed by atoms with Gasteiger partial charge in [-0.15, -0.1) is 5.10 Å². The summed E-state index contributed by atoms with van der Waals surface area (Å²) in [5, 5.41) is 15.3. The fourth-order valence-electron chi connectivity index (χ4n) is 1.26. The molecule has 1 rings (SSSR count). The highest BCUT2D eigenvalue weighted by Crippen LogP contribution is 2.08. The second-order valence-corrected chi connectivity index (χ2v) is 3.65. The van der Waals surface area contributed by atoms with Crippen molar-refractivity contribution in [1.29, 1.82) is 5.41 Å². The summed E-state index contributed by atoms with van der Waals surface area (Å²) in [5.41, 5.74) is 7.25. The van der Waals surface area contributed by atoms with E-state index in [4.69, 9.17) is 11.1 Å². The predicted molar refractivity (Wildman–Crippen MR) is 69.7 cm³/mol. The summed E-state index contributed by atoms with van der Waals surface area (Å²) in [4.78, 5) is 11.7. The number of rotatable bonds is 3. The summed E-state index contributed by atoms with van der Waals surface area (Å²) < 4.78 is 26.1. The summed E-state index contributed by atoms with van der Waals surface area (Å²) in [6, 6.07) is 3.05. The number of guanidine groups is 1. The minimum atomic E-state index is -0.755. The van der Waals surface area contributed by atoms with Gasteiger partial charge in [0.25, 0.3) is 5.91 Å². The highest BCUT2D eigenvalue weighted by molar-refractivity contribution is 6.37. The molecule has 0 aromatic heterocycles. The number of carbonyl (C=O) groups excluding carboxylic acids is 1. The predicted octanol–water partition coefficient (Wildman–Crippen LogP) is -0.403. The first kappa shape index (κ1) is 15.3. The third kappa shape index (κ3) is 4.52. The average molecular weight is 284 g/mol. The molecule has 0 aliphatic carbocycles. The summed E-state index contributed by atoms with van der Waals surface area (Å²) in [6.07, 6.45) is 0. The van der Waals surface area contributed by atoms with Gasteiger partial charge in [-0.1, -0.05) is 6.07 Å². The Hall–Kier alpha value is -2.71. The molecular weight excluding hydrogens is 270 g/mol. The summed E-state index contributed by atoms with van der Waals surface area (Å²) in [7, 11) is 1.44. The molecule has 0 aliphatic rings. The molecule has 0 aliphatic heterocycles. The summed E-state index contributed by atoms with van der Waals surface area (Å²) in [6.45, 7) is -0.133. The van der Waals surface area contributed by atoms with Crippen molar-refractivity contribution in [1.82, 2.24) is 16.1 Å². The van der Waals surface area contributed by atoms with Gasteiger partial charge in [-0.3, -0.25) is 10.2 Å². The second-order valence-electron chi connectivity index (χ2n) is 3.65. The standard InChI is InChI=1S/C11H14F2N6O/c1-16-9(18-19-11(14)15)10(20)17-5-6-2-3-7(12)4-8(6)13/h2-4H,5H2,1H3,(H,16,18)(H,17,20)(H4,14,15,19). The quantitative estimate of drug-likeness (QED) is 0.295. The Morgan fingerprint density at radius 2 is 2.15 bits per heavy atom. The number of amidine groups is 1. The van der Waals surface area contributed by atoms with E-state index >= 15 is 0 Å². The van der Waals surface area contributed by atoms with E-state index < -0.39 is 23.5 Å². The van der Waals surface area contributed by atoms with Crippen molar-refractivity contribution < 1.29 is 13.6 Å². The lowest BCUT2D eigenvalue weighted by molar-refractivity contribution is -0.115. The number of nitrogens with two attached hydrogens (primary N) is 1. The van der Waals surface area contributed by atoms with E-state index in [0.717, 1.165) is 12.1 Å². The Morgan fingerprint density at radius 1 is 1.45 bits per heavy atom. The van der Waals surface area contributed by atoms with Crippen molar-refractivity contribution in [3.8, 4) is 0 Å². The smallest absolute Gasteiger partial charge is 0.288 e. The minimum Gasteiger partial charge on any atom is -0.369 e. The Balaban J connectivity index is 2.65. The van der Waals surface area contributed by atoms with Crippen LogP contribution in [0.3, 0.4) is 0 Å². The molecular formula is C11H14F2N6O. The van der Waals surface area contributed by atoms with E-state index in [9.17, 15) is 13.6 Å². The molecule has 1 amide bonds. The van der Waals surface area contributed by atoms with Crippen LogP contribution in [0.5, 0.6) is 0 Å². The Labute approximate surface area is 113 Å². The maximum atomic E-state index is 13.3. The van der Waals surface area contributed by atoms with Crippen LogP contribution in [0.25, 0.3) is 0 Å². The third-order valence-corrected chi connectivity index (χ3v) is 2.19. The van der Waals surface area contributed by atoms with Gasteiger partial charge >= 0.3 is 0 Å². The Bertz CT molecular complexity index is 546. The lowest BCUT2D eigenvalue weighted by Gasteiger charge is -2.08. The van der Waals surface area contributed by atoms with E-state index in [1.54, 1.807) is 0 Å². The van der Waals surface area contributed by atoms with Crippen LogP contribution in [-0.2, 0) is 11.3 Å². The lowest BCUT2D eigenvalue weighted by atomic mass is 10.2. The molecule has 6 N–H and O–H groups in total. The number of hydrogen-bond donors (Lipinski definition) is 5. The molecule has 1 aromatic rings. The van der Waals surface area contributed by atoms with Crippen molar-refractivity contribution in [3.05, 3.63) is 35.4 Å². The number of likely N-dealkylation sites (N-methyl/N-ethyl adjacent to an activating group) is 1. The van der Waals surface area contributed by atoms with Crippen LogP contribution < -0.4 is 21.8 Å². The van der Waals surface area contributed by atoms with Crippen molar-refractivity contribution in [2.75, 3.05) is 7.05 Å². The van der Waals surface area contributed by atoms with Crippen LogP contribution in [0.15, 0.2) is 23.3 Å². The van der Waals surface area contributed by atoms with Gasteiger partial charge in [0.2, 0.25) is 11.8 Å². The number of carbonyl (C=O) groups is 1. The number of hydrogen-bond acceptors (Lipinski definition) is 3. The van der Waals surface area contributed by atoms with Crippen molar-refractivity contribution in [2.24, 2.45) is 10.8 Å². The fourth-order valence-corrected chi connectivity index (χ4v) is 1.26. The second kappa shape index (κ2) is 7.02. The van der Waals surface area contributed by atoms with Gasteiger partial charge < -0.3 is 16.4 Å². The van der Waals surface area contributed by atoms with Crippen LogP contribution in [0.1, 0.15) is 5.56 Å². The zero-order valence-electron chi connectivity index (χ0n) is 10.6. The first-order chi connectivity index (χ1) is 9.43. The number of benzene rings is 1. The number of nitrogens with zero attached hydrogens (tertiary/aromatic N) is 1. The SMILES string of the molecule is CN/C(=N\NC(=N)N)C(=O)NCc1ccc(F)cc1F. The zero-order valence-corrected chi connectivity index (χ0v) is 10.6. The van der Waals surface area contributed by atoms with Crippen molar-refractivity contribution >= 4 is 17.7 Å². The van der Waals surface area contributed by atoms with E-state index in [1.807, 2.05) is 0 Å². The molecule has 0 spiro atoms. The maximum Gasteiger partial charge on any atom is 0.288 e. The topological polar surface area (TPSA) is 115 Å². The highest BCUT2D eigenvalue weighted by Gasteiger charge is 2.11. The van der Waals surface area contributed by atoms with Gasteiger partial charge in [0.15, 0.2) is 0 Å². The molecule has 0 fully saturated rings. The molecule has 7 nitrogen and oxygen atoms in total. The van der Waals surface area contributed by atoms with E-state index in [2.05, 4.69) is 21.2 Å². The Kier molecular flexibility index (Phi) is 5.39. The normalized spacial score (nSPS) is 10.8. The van der Waals surface area contributed by atoms with Crippen molar-refractivity contribution in [3.63, 3.8) is 0 Å². The van der Waals surface area contributed by atoms with Gasteiger partial charge in [-0.2, -0.15) is 0 Å². The van der Waals surface area contributed by atoms with Gasteiger partial charge in [0, 0.05) is 25.2 Å². The van der Waals surface area contributed by atoms with Crippen LogP contribution in [-0.4, -0.2) is 24.8 Å². The molecule has 0 saturated heterocycles. The lowest BCUT2D eigenvalue weighted by Crippen LogP contribution is -2.40. The van der Waals surface area contributed by atoms with Gasteiger partial charge in [-0.05, 0) is 6.07 Å². The van der Waals surface area contributed by atoms with E-state index in [-0.39, 0.29) is 17.9 Å². The molecule has 108 valence electrons. The molecule has 0 saturated carbocycles. The zero-order chi connectivity index (χ0) is 15.1. The Morgan fingerprint density at radius 3 is 2.70 bits per heavy atom. The van der Waals surface area contributed by atoms with E-state index in [0.29, 0.717) is 0 Å². The van der Waals surface area contributed by atoms with Crippen molar-refractivity contribution in [2.45, 2.75) is 6.54 Å². The number of hydrazone groups is 1. The van der Waals surface area contributed by atoms with Gasteiger partial charge in [0.1, 0.15) is 11.6 Å². The van der Waals surface area contributed by atoms with Crippen LogP contribution >= 0.6 is 0 Å². The third-order valence-electron chi connectivity index (χ3n) is 2.19. The number of amides is 1. The van der Waals surface area contributed by atoms with E-state index in [1.165, 1.54) is 13.1 Å². The monoisotopic (exact) mass is 284 g/mol. The molecule has 0 atom stereocenters. The molecule has 0 heterocycles. The first-order valence-electron chi connectivity index (χ1n) is 5.51. The first-order valence-corrected chi connectivity index (χ1v) is 5.51. The maximum absolute atomic E-state index is 13.3. The molecule has 20 heavy (non-hydrogen) atoms. The molecule has 0 unspecified atom stereocenters.